The van der Waals surface area contributed by atoms with E-state index in [9.17, 15) is 14.4 Å². The molecule has 0 aliphatic carbocycles. The molecule has 0 fully saturated rings. The van der Waals surface area contributed by atoms with Crippen LogP contribution in [0.15, 0.2) is 78.9 Å². The molecular formula is C24H15NO4. The maximum Gasteiger partial charge on any atom is 0.337 e. The van der Waals surface area contributed by atoms with Crippen molar-refractivity contribution in [3.05, 3.63) is 95.6 Å². The summed E-state index contributed by atoms with van der Waals surface area (Å²) in [6, 6.07) is 23.7. The maximum absolute atomic E-state index is 13.2. The van der Waals surface area contributed by atoms with E-state index in [0.717, 1.165) is 16.3 Å². The fourth-order valence-electron chi connectivity index (χ4n) is 3.81. The van der Waals surface area contributed by atoms with Crippen molar-refractivity contribution >= 4 is 39.3 Å². The molecule has 0 unspecified atom stereocenters. The van der Waals surface area contributed by atoms with Gasteiger partial charge in [0.25, 0.3) is 11.8 Å². The van der Waals surface area contributed by atoms with Gasteiger partial charge in [0.15, 0.2) is 0 Å². The van der Waals surface area contributed by atoms with Gasteiger partial charge < -0.3 is 4.84 Å². The van der Waals surface area contributed by atoms with Gasteiger partial charge in [0.2, 0.25) is 0 Å². The number of hydrogen-bond acceptors (Lipinski definition) is 4. The molecular weight excluding hydrogens is 366 g/mol. The summed E-state index contributed by atoms with van der Waals surface area (Å²) in [7, 11) is 0. The summed E-state index contributed by atoms with van der Waals surface area (Å²) in [4.78, 5) is 43.9. The number of carbonyl (C=O) groups is 3. The third-order valence-electron chi connectivity index (χ3n) is 5.09. The third kappa shape index (κ3) is 2.75. The smallest absolute Gasteiger partial charge is 0.329 e. The second kappa shape index (κ2) is 6.56. The Morgan fingerprint density at radius 1 is 0.793 bits per heavy atom. The van der Waals surface area contributed by atoms with Crippen LogP contribution in [-0.4, -0.2) is 22.8 Å². The lowest BCUT2D eigenvalue weighted by Gasteiger charge is -2.26. The highest BCUT2D eigenvalue weighted by Gasteiger charge is 2.37. The molecule has 0 N–H and O–H groups in total. The summed E-state index contributed by atoms with van der Waals surface area (Å²) >= 11 is 0. The molecule has 4 aromatic rings. The van der Waals surface area contributed by atoms with Crippen LogP contribution in [0.5, 0.6) is 0 Å². The van der Waals surface area contributed by atoms with Gasteiger partial charge >= 0.3 is 5.97 Å². The summed E-state index contributed by atoms with van der Waals surface area (Å²) in [5.74, 6) is -1.93. The Kier molecular flexibility index (Phi) is 3.88. The first-order chi connectivity index (χ1) is 14.1. The number of amides is 2. The van der Waals surface area contributed by atoms with E-state index in [2.05, 4.69) is 0 Å². The molecule has 0 aromatic heterocycles. The molecule has 0 bridgehead atoms. The van der Waals surface area contributed by atoms with E-state index < -0.39 is 17.8 Å². The summed E-state index contributed by atoms with van der Waals surface area (Å²) in [6.07, 6.45) is -0.0372. The Morgan fingerprint density at radius 3 is 2.34 bits per heavy atom. The van der Waals surface area contributed by atoms with Crippen LogP contribution in [0, 0.1) is 0 Å². The van der Waals surface area contributed by atoms with Crippen LogP contribution in [-0.2, 0) is 16.1 Å². The van der Waals surface area contributed by atoms with Crippen molar-refractivity contribution in [1.29, 1.82) is 0 Å². The van der Waals surface area contributed by atoms with E-state index in [4.69, 9.17) is 4.84 Å². The van der Waals surface area contributed by atoms with Crippen LogP contribution < -0.4 is 0 Å². The largest absolute Gasteiger partial charge is 0.337 e. The third-order valence-corrected chi connectivity index (χ3v) is 5.09. The Balaban J connectivity index is 1.59. The second-order valence-electron chi connectivity index (χ2n) is 6.91. The molecule has 1 aliphatic rings. The molecule has 0 spiro atoms. The van der Waals surface area contributed by atoms with E-state index in [-0.39, 0.29) is 6.42 Å². The van der Waals surface area contributed by atoms with Crippen molar-refractivity contribution in [2.45, 2.75) is 6.42 Å². The highest BCUT2D eigenvalue weighted by atomic mass is 16.7. The quantitative estimate of drug-likeness (QED) is 0.392. The Labute approximate surface area is 166 Å². The standard InChI is InChI=1S/C24H15NO4/c26-20(13-15-7-2-1-3-8-15)29-25-23(27)19-12-6-10-17-14-16-9-4-5-11-18(16)22(21(17)19)24(25)28/h1-12,14H,13H2. The maximum atomic E-state index is 13.2. The Hall–Kier alpha value is -3.99. The molecule has 140 valence electrons. The summed E-state index contributed by atoms with van der Waals surface area (Å²) < 4.78 is 0. The van der Waals surface area contributed by atoms with E-state index >= 15 is 0 Å². The zero-order valence-corrected chi connectivity index (χ0v) is 15.3. The number of hydroxylamine groups is 2. The predicted octanol–water partition coefficient (Wildman–Crippen LogP) is 4.29. The van der Waals surface area contributed by atoms with Gasteiger partial charge in [0.05, 0.1) is 17.5 Å². The zero-order chi connectivity index (χ0) is 20.0. The number of rotatable bonds is 3. The fraction of sp³-hybridized carbons (Fsp3) is 0.0417. The van der Waals surface area contributed by atoms with Gasteiger partial charge in [-0.25, -0.2) is 4.79 Å². The lowest BCUT2D eigenvalue weighted by Crippen LogP contribution is -2.42. The molecule has 1 aliphatic heterocycles. The first kappa shape index (κ1) is 17.1. The molecule has 5 rings (SSSR count). The number of fused-ring (bicyclic) bond motifs is 2. The molecule has 4 aromatic carbocycles. The highest BCUT2D eigenvalue weighted by molar-refractivity contribution is 6.30. The Bertz CT molecular complexity index is 1310. The SMILES string of the molecule is O=C(Cc1ccccc1)ON1C(=O)c2cccc3cc4ccccc4c(c23)C1=O. The van der Waals surface area contributed by atoms with Crippen molar-refractivity contribution in [2.75, 3.05) is 0 Å². The zero-order valence-electron chi connectivity index (χ0n) is 15.3. The van der Waals surface area contributed by atoms with E-state index in [0.29, 0.717) is 27.0 Å². The van der Waals surface area contributed by atoms with E-state index in [1.54, 1.807) is 24.3 Å². The van der Waals surface area contributed by atoms with Crippen LogP contribution in [0.2, 0.25) is 0 Å². The molecule has 0 saturated heterocycles. The van der Waals surface area contributed by atoms with Crippen LogP contribution in [0.4, 0.5) is 0 Å². The summed E-state index contributed by atoms with van der Waals surface area (Å²) in [5, 5.41) is 3.58. The van der Waals surface area contributed by atoms with Crippen LogP contribution in [0.3, 0.4) is 0 Å². The van der Waals surface area contributed by atoms with Crippen LogP contribution in [0.25, 0.3) is 21.5 Å². The minimum absolute atomic E-state index is 0.0372. The molecule has 0 radical (unpaired) electrons. The van der Waals surface area contributed by atoms with Gasteiger partial charge in [-0.15, -0.1) is 0 Å². The lowest BCUT2D eigenvalue weighted by molar-refractivity contribution is -0.168. The van der Waals surface area contributed by atoms with Crippen molar-refractivity contribution < 1.29 is 19.2 Å². The Morgan fingerprint density at radius 2 is 1.52 bits per heavy atom. The molecule has 5 nitrogen and oxygen atoms in total. The van der Waals surface area contributed by atoms with Crippen LogP contribution >= 0.6 is 0 Å². The molecule has 2 amide bonds. The predicted molar refractivity (Wildman–Crippen MR) is 108 cm³/mol. The number of nitrogens with zero attached hydrogens (tertiary/aromatic N) is 1. The van der Waals surface area contributed by atoms with Crippen LogP contribution in [0.1, 0.15) is 26.3 Å². The first-order valence-electron chi connectivity index (χ1n) is 9.21. The lowest BCUT2D eigenvalue weighted by atomic mass is 9.90. The average Bonchev–Trinajstić information content (AvgIpc) is 2.74. The first-order valence-corrected chi connectivity index (χ1v) is 9.21. The van der Waals surface area contributed by atoms with Crippen molar-refractivity contribution in [1.82, 2.24) is 5.06 Å². The van der Waals surface area contributed by atoms with Gasteiger partial charge in [-0.05, 0) is 33.9 Å². The van der Waals surface area contributed by atoms with E-state index in [1.165, 1.54) is 0 Å². The van der Waals surface area contributed by atoms with Gasteiger partial charge in [0.1, 0.15) is 0 Å². The molecule has 5 heteroatoms. The molecule has 1 heterocycles. The van der Waals surface area contributed by atoms with Gasteiger partial charge in [0, 0.05) is 5.39 Å². The molecule has 29 heavy (non-hydrogen) atoms. The van der Waals surface area contributed by atoms with Crippen molar-refractivity contribution in [2.24, 2.45) is 0 Å². The average molecular weight is 381 g/mol. The summed E-state index contributed by atoms with van der Waals surface area (Å²) in [5.41, 5.74) is 1.46. The topological polar surface area (TPSA) is 63.7 Å². The monoisotopic (exact) mass is 381 g/mol. The van der Waals surface area contributed by atoms with Crippen molar-refractivity contribution in [3.63, 3.8) is 0 Å². The minimum Gasteiger partial charge on any atom is -0.329 e. The second-order valence-corrected chi connectivity index (χ2v) is 6.91. The number of benzene rings is 4. The summed E-state index contributed by atoms with van der Waals surface area (Å²) in [6.45, 7) is 0. The van der Waals surface area contributed by atoms with Gasteiger partial charge in [-0.2, -0.15) is 0 Å². The highest BCUT2D eigenvalue weighted by Crippen LogP contribution is 2.35. The fourth-order valence-corrected chi connectivity index (χ4v) is 3.81. The van der Waals surface area contributed by atoms with Gasteiger partial charge in [-0.3, -0.25) is 9.59 Å². The normalized spacial score (nSPS) is 13.2. The van der Waals surface area contributed by atoms with Crippen molar-refractivity contribution in [3.8, 4) is 0 Å². The number of carbonyl (C=O) groups excluding carboxylic acids is 3. The van der Waals surface area contributed by atoms with Gasteiger partial charge in [-0.1, -0.05) is 71.8 Å². The van der Waals surface area contributed by atoms with E-state index in [1.807, 2.05) is 54.6 Å². The minimum atomic E-state index is -0.672. The number of imide groups is 1. The number of hydrogen-bond donors (Lipinski definition) is 0. The molecule has 0 atom stereocenters. The molecule has 0 saturated carbocycles.